The molecule has 1 aromatic carbocycles. The van der Waals surface area contributed by atoms with Gasteiger partial charge in [-0.1, -0.05) is 36.8 Å². The molecule has 0 radical (unpaired) electrons. The van der Waals surface area contributed by atoms with Crippen molar-refractivity contribution in [3.8, 4) is 0 Å². The van der Waals surface area contributed by atoms with Crippen LogP contribution in [0.4, 0.5) is 4.39 Å². The Morgan fingerprint density at radius 1 is 1.61 bits per heavy atom. The summed E-state index contributed by atoms with van der Waals surface area (Å²) in [6, 6.07) is 3.92. The molecule has 0 aliphatic carbocycles. The second-order valence-corrected chi connectivity index (χ2v) is 4.69. The molecule has 0 saturated carbocycles. The highest BCUT2D eigenvalue weighted by atomic mass is 35.5. The molecule has 0 aromatic heterocycles. The normalized spacial score (nSPS) is 11.9. The van der Waals surface area contributed by atoms with Gasteiger partial charge in [0, 0.05) is 10.6 Å². The first kappa shape index (κ1) is 14.9. The summed E-state index contributed by atoms with van der Waals surface area (Å²) >= 11 is 10.6. The lowest BCUT2D eigenvalue weighted by Crippen LogP contribution is -2.43. The van der Waals surface area contributed by atoms with Gasteiger partial charge in [0.25, 0.3) is 0 Å². The van der Waals surface area contributed by atoms with E-state index in [1.807, 2.05) is 6.92 Å². The molecule has 1 rings (SSSR count). The minimum Gasteiger partial charge on any atom is -0.392 e. The largest absolute Gasteiger partial charge is 0.392 e. The Bertz CT molecular complexity index is 447. The highest BCUT2D eigenvalue weighted by molar-refractivity contribution is 7.80. The summed E-state index contributed by atoms with van der Waals surface area (Å²) in [5, 5.41) is 2.87. The fraction of sp³-hybridized carbons (Fsp3) is 0.333. The first-order valence-electron chi connectivity index (χ1n) is 5.47. The molecule has 98 valence electrons. The van der Waals surface area contributed by atoms with Crippen molar-refractivity contribution in [3.63, 3.8) is 0 Å². The van der Waals surface area contributed by atoms with Gasteiger partial charge in [-0.3, -0.25) is 4.79 Å². The average Bonchev–Trinajstić information content (AvgIpc) is 2.30. The van der Waals surface area contributed by atoms with Crippen molar-refractivity contribution in [1.82, 2.24) is 5.32 Å². The van der Waals surface area contributed by atoms with Gasteiger partial charge in [-0.15, -0.1) is 0 Å². The van der Waals surface area contributed by atoms with E-state index in [9.17, 15) is 9.18 Å². The van der Waals surface area contributed by atoms with Crippen LogP contribution >= 0.6 is 23.8 Å². The lowest BCUT2D eigenvalue weighted by atomic mass is 10.1. The van der Waals surface area contributed by atoms with Crippen LogP contribution in [0.1, 0.15) is 18.9 Å². The molecule has 0 fully saturated rings. The zero-order chi connectivity index (χ0) is 13.7. The number of hydrogen-bond acceptors (Lipinski definition) is 2. The lowest BCUT2D eigenvalue weighted by Gasteiger charge is -2.15. The van der Waals surface area contributed by atoms with Crippen LogP contribution < -0.4 is 11.1 Å². The summed E-state index contributed by atoms with van der Waals surface area (Å²) in [5.74, 6) is -0.859. The molecule has 3 N–H and O–H groups in total. The summed E-state index contributed by atoms with van der Waals surface area (Å²) in [4.78, 5) is 12.0. The molecule has 6 heteroatoms. The second-order valence-electron chi connectivity index (χ2n) is 3.81. The van der Waals surface area contributed by atoms with Crippen LogP contribution in [0.2, 0.25) is 5.02 Å². The first-order chi connectivity index (χ1) is 8.45. The topological polar surface area (TPSA) is 55.1 Å². The summed E-state index contributed by atoms with van der Waals surface area (Å²) in [5.41, 5.74) is 5.64. The van der Waals surface area contributed by atoms with Gasteiger partial charge in [-0.25, -0.2) is 4.39 Å². The van der Waals surface area contributed by atoms with Crippen LogP contribution in [0.15, 0.2) is 18.2 Å². The molecular weight excluding hydrogens is 275 g/mol. The SMILES string of the molecule is CCC(NC(=O)Cc1c(F)cccc1Cl)C(N)=S. The maximum Gasteiger partial charge on any atom is 0.225 e. The van der Waals surface area contributed by atoms with Crippen LogP contribution in [-0.2, 0) is 11.2 Å². The van der Waals surface area contributed by atoms with Gasteiger partial charge in [0.05, 0.1) is 17.5 Å². The van der Waals surface area contributed by atoms with Crippen LogP contribution in [0.25, 0.3) is 0 Å². The molecule has 1 unspecified atom stereocenters. The highest BCUT2D eigenvalue weighted by Crippen LogP contribution is 2.19. The monoisotopic (exact) mass is 288 g/mol. The Morgan fingerprint density at radius 2 is 2.28 bits per heavy atom. The fourth-order valence-corrected chi connectivity index (χ4v) is 1.94. The number of carbonyl (C=O) groups is 1. The van der Waals surface area contributed by atoms with Crippen molar-refractivity contribution in [3.05, 3.63) is 34.6 Å². The summed E-state index contributed by atoms with van der Waals surface area (Å²) in [7, 11) is 0. The zero-order valence-electron chi connectivity index (χ0n) is 9.87. The van der Waals surface area contributed by atoms with E-state index in [0.29, 0.717) is 6.42 Å². The third-order valence-electron chi connectivity index (χ3n) is 2.49. The summed E-state index contributed by atoms with van der Waals surface area (Å²) < 4.78 is 13.5. The van der Waals surface area contributed by atoms with Gasteiger partial charge in [-0.05, 0) is 18.6 Å². The molecule has 0 bridgehead atoms. The van der Waals surface area contributed by atoms with Crippen molar-refractivity contribution in [2.75, 3.05) is 0 Å². The number of rotatable bonds is 5. The predicted molar refractivity (Wildman–Crippen MR) is 74.1 cm³/mol. The Hall–Kier alpha value is -1.20. The molecule has 1 amide bonds. The summed E-state index contributed by atoms with van der Waals surface area (Å²) in [6.07, 6.45) is 0.455. The van der Waals surface area contributed by atoms with Crippen molar-refractivity contribution in [2.24, 2.45) is 5.73 Å². The van der Waals surface area contributed by atoms with Gasteiger partial charge < -0.3 is 11.1 Å². The molecule has 3 nitrogen and oxygen atoms in total. The Balaban J connectivity index is 2.73. The standard InChI is InChI=1S/C12H14ClFN2OS/c1-2-10(12(15)18)16-11(17)6-7-8(13)4-3-5-9(7)14/h3-5,10H,2,6H2,1H3,(H2,15,18)(H,16,17). The van der Waals surface area contributed by atoms with Crippen LogP contribution in [0, 0.1) is 5.82 Å². The van der Waals surface area contributed by atoms with Gasteiger partial charge in [0.2, 0.25) is 5.91 Å². The van der Waals surface area contributed by atoms with E-state index in [-0.39, 0.29) is 33.9 Å². The fourth-order valence-electron chi connectivity index (χ4n) is 1.48. The molecule has 0 saturated heterocycles. The van der Waals surface area contributed by atoms with Crippen LogP contribution in [0.3, 0.4) is 0 Å². The second kappa shape index (κ2) is 6.66. The Kier molecular flexibility index (Phi) is 5.50. The molecule has 0 heterocycles. The first-order valence-corrected chi connectivity index (χ1v) is 6.25. The number of carbonyl (C=O) groups excluding carboxylic acids is 1. The Labute approximate surface area is 115 Å². The molecule has 1 atom stereocenters. The van der Waals surface area contributed by atoms with Crippen molar-refractivity contribution in [2.45, 2.75) is 25.8 Å². The van der Waals surface area contributed by atoms with Crippen molar-refractivity contribution in [1.29, 1.82) is 0 Å². The van der Waals surface area contributed by atoms with Gasteiger partial charge >= 0.3 is 0 Å². The van der Waals surface area contributed by atoms with Crippen molar-refractivity contribution >= 4 is 34.7 Å². The highest BCUT2D eigenvalue weighted by Gasteiger charge is 2.16. The quantitative estimate of drug-likeness (QED) is 0.817. The van der Waals surface area contributed by atoms with Crippen LogP contribution in [0.5, 0.6) is 0 Å². The molecule has 1 aromatic rings. The molecule has 0 aliphatic heterocycles. The smallest absolute Gasteiger partial charge is 0.225 e. The van der Waals surface area contributed by atoms with E-state index >= 15 is 0 Å². The van der Waals surface area contributed by atoms with E-state index in [1.165, 1.54) is 18.2 Å². The average molecular weight is 289 g/mol. The molecule has 0 aliphatic rings. The number of nitrogens with one attached hydrogen (secondary N) is 1. The van der Waals surface area contributed by atoms with E-state index < -0.39 is 5.82 Å². The van der Waals surface area contributed by atoms with Gasteiger partial charge in [-0.2, -0.15) is 0 Å². The maximum absolute atomic E-state index is 13.5. The van der Waals surface area contributed by atoms with E-state index in [4.69, 9.17) is 29.6 Å². The van der Waals surface area contributed by atoms with Crippen LogP contribution in [-0.4, -0.2) is 16.9 Å². The minimum atomic E-state index is -0.499. The molecular formula is C12H14ClFN2OS. The number of amides is 1. The minimum absolute atomic E-state index is 0.134. The zero-order valence-corrected chi connectivity index (χ0v) is 11.4. The lowest BCUT2D eigenvalue weighted by molar-refractivity contribution is -0.120. The third kappa shape index (κ3) is 3.92. The summed E-state index contributed by atoms with van der Waals surface area (Å²) in [6.45, 7) is 1.85. The maximum atomic E-state index is 13.5. The van der Waals surface area contributed by atoms with E-state index in [2.05, 4.69) is 5.32 Å². The third-order valence-corrected chi connectivity index (χ3v) is 3.12. The van der Waals surface area contributed by atoms with Gasteiger partial charge in [0.15, 0.2) is 0 Å². The number of halogens is 2. The van der Waals surface area contributed by atoms with Gasteiger partial charge in [0.1, 0.15) is 5.82 Å². The molecule has 18 heavy (non-hydrogen) atoms. The molecule has 0 spiro atoms. The van der Waals surface area contributed by atoms with E-state index in [1.54, 1.807) is 0 Å². The Morgan fingerprint density at radius 3 is 2.78 bits per heavy atom. The number of benzene rings is 1. The number of thiocarbonyl (C=S) groups is 1. The number of nitrogens with two attached hydrogens (primary N) is 1. The van der Waals surface area contributed by atoms with Crippen molar-refractivity contribution < 1.29 is 9.18 Å². The predicted octanol–water partition coefficient (Wildman–Crippen LogP) is 2.20. The number of hydrogen-bond donors (Lipinski definition) is 2. The van der Waals surface area contributed by atoms with E-state index in [0.717, 1.165) is 0 Å².